The highest BCUT2D eigenvalue weighted by Gasteiger charge is 2.27. The third kappa shape index (κ3) is 3.81. The van der Waals surface area contributed by atoms with Crippen molar-refractivity contribution < 1.29 is 17.7 Å². The third-order valence-corrected chi connectivity index (χ3v) is 7.08. The first-order valence-electron chi connectivity index (χ1n) is 9.70. The van der Waals surface area contributed by atoms with Crippen molar-refractivity contribution in [2.45, 2.75) is 56.4 Å². The molecule has 0 unspecified atom stereocenters. The molecule has 1 aromatic carbocycles. The monoisotopic (exact) mass is 404 g/mol. The molecule has 0 atom stereocenters. The van der Waals surface area contributed by atoms with Gasteiger partial charge in [0.25, 0.3) is 0 Å². The van der Waals surface area contributed by atoms with E-state index in [9.17, 15) is 13.2 Å². The Kier molecular flexibility index (Phi) is 5.20. The molecule has 1 aliphatic carbocycles. The molecule has 4 rings (SSSR count). The molecule has 0 radical (unpaired) electrons. The number of sulfonamides is 1. The molecule has 0 spiro atoms. The highest BCUT2D eigenvalue weighted by atomic mass is 32.2. The summed E-state index contributed by atoms with van der Waals surface area (Å²) in [5, 5.41) is 3.89. The molecule has 2 aliphatic rings. The highest BCUT2D eigenvalue weighted by Crippen LogP contribution is 2.26. The number of benzene rings is 1. The Bertz CT molecular complexity index is 974. The molecule has 2 heterocycles. The Hall–Kier alpha value is -2.26. The maximum absolute atomic E-state index is 12.8. The molecule has 1 saturated carbocycles. The summed E-state index contributed by atoms with van der Waals surface area (Å²) in [5.41, 5.74) is 1.15. The number of carbonyl (C=O) groups excluding carboxylic acids is 1. The lowest BCUT2D eigenvalue weighted by Gasteiger charge is -2.14. The molecule has 150 valence electrons. The van der Waals surface area contributed by atoms with Crippen LogP contribution in [-0.4, -0.2) is 48.5 Å². The highest BCUT2D eigenvalue weighted by molar-refractivity contribution is 7.89. The van der Waals surface area contributed by atoms with Gasteiger partial charge in [-0.1, -0.05) is 30.1 Å². The molecule has 0 bridgehead atoms. The number of hydrogen-bond acceptors (Lipinski definition) is 6. The zero-order chi connectivity index (χ0) is 19.7. The van der Waals surface area contributed by atoms with Crippen molar-refractivity contribution in [1.29, 1.82) is 0 Å². The van der Waals surface area contributed by atoms with Gasteiger partial charge in [-0.25, -0.2) is 13.1 Å². The largest absolute Gasteiger partial charge is 0.334 e. The second-order valence-corrected chi connectivity index (χ2v) is 9.19. The Balaban J connectivity index is 1.59. The summed E-state index contributed by atoms with van der Waals surface area (Å²) in [6.07, 6.45) is 5.77. The lowest BCUT2D eigenvalue weighted by molar-refractivity contribution is 0.0743. The normalized spacial score (nSPS) is 18.1. The molecule has 9 heteroatoms. The van der Waals surface area contributed by atoms with Gasteiger partial charge in [0.15, 0.2) is 0 Å². The van der Waals surface area contributed by atoms with Gasteiger partial charge in [0, 0.05) is 24.7 Å². The van der Waals surface area contributed by atoms with Crippen LogP contribution in [-0.2, 0) is 10.0 Å². The summed E-state index contributed by atoms with van der Waals surface area (Å²) >= 11 is 0. The number of amides is 1. The van der Waals surface area contributed by atoms with Crippen LogP contribution in [0, 0.1) is 6.92 Å². The van der Waals surface area contributed by atoms with Gasteiger partial charge in [0.05, 0.1) is 4.90 Å². The summed E-state index contributed by atoms with van der Waals surface area (Å²) < 4.78 is 33.6. The first kappa shape index (κ1) is 19.1. The summed E-state index contributed by atoms with van der Waals surface area (Å²) in [6, 6.07) is 4.99. The number of rotatable bonds is 5. The zero-order valence-electron chi connectivity index (χ0n) is 15.8. The lowest BCUT2D eigenvalue weighted by atomic mass is 10.1. The zero-order valence-corrected chi connectivity index (χ0v) is 16.7. The summed E-state index contributed by atoms with van der Waals surface area (Å²) in [6.45, 7) is 3.14. The Labute approximate surface area is 164 Å². The van der Waals surface area contributed by atoms with Crippen LogP contribution in [0.3, 0.4) is 0 Å². The molecule has 8 nitrogen and oxygen atoms in total. The third-order valence-electron chi connectivity index (χ3n) is 5.42. The molecule has 1 N–H and O–H groups in total. The molecule has 1 saturated heterocycles. The fraction of sp³-hybridized carbons (Fsp3) is 0.526. The molecule has 28 heavy (non-hydrogen) atoms. The van der Waals surface area contributed by atoms with Crippen LogP contribution >= 0.6 is 0 Å². The lowest BCUT2D eigenvalue weighted by Crippen LogP contribution is -2.33. The molecule has 2 fully saturated rings. The number of carbonyl (C=O) groups is 1. The minimum absolute atomic E-state index is 0.0112. The predicted octanol–water partition coefficient (Wildman–Crippen LogP) is 2.50. The van der Waals surface area contributed by atoms with Gasteiger partial charge in [0.2, 0.25) is 15.8 Å². The first-order chi connectivity index (χ1) is 13.4. The van der Waals surface area contributed by atoms with E-state index in [4.69, 9.17) is 4.52 Å². The fourth-order valence-corrected chi connectivity index (χ4v) is 5.41. The van der Waals surface area contributed by atoms with Crippen molar-refractivity contribution in [3.8, 4) is 11.4 Å². The van der Waals surface area contributed by atoms with E-state index in [0.717, 1.165) is 38.5 Å². The second-order valence-electron chi connectivity index (χ2n) is 7.51. The van der Waals surface area contributed by atoms with E-state index in [0.29, 0.717) is 24.2 Å². The predicted molar refractivity (Wildman–Crippen MR) is 102 cm³/mol. The fourth-order valence-electron chi connectivity index (χ4n) is 3.84. The van der Waals surface area contributed by atoms with Gasteiger partial charge < -0.3 is 9.42 Å². The van der Waals surface area contributed by atoms with Crippen molar-refractivity contribution in [3.05, 3.63) is 29.7 Å². The summed E-state index contributed by atoms with van der Waals surface area (Å²) in [4.78, 5) is 18.5. The van der Waals surface area contributed by atoms with Crippen LogP contribution in [0.5, 0.6) is 0 Å². The Morgan fingerprint density at radius 3 is 2.61 bits per heavy atom. The number of nitrogens with zero attached hydrogens (tertiary/aromatic N) is 3. The smallest absolute Gasteiger partial charge is 0.316 e. The maximum Gasteiger partial charge on any atom is 0.316 e. The number of likely N-dealkylation sites (tertiary alicyclic amines) is 1. The minimum Gasteiger partial charge on any atom is -0.334 e. The maximum atomic E-state index is 12.8. The van der Waals surface area contributed by atoms with E-state index in [2.05, 4.69) is 14.9 Å². The Morgan fingerprint density at radius 2 is 1.89 bits per heavy atom. The topological polar surface area (TPSA) is 105 Å². The van der Waals surface area contributed by atoms with Crippen molar-refractivity contribution in [1.82, 2.24) is 19.8 Å². The van der Waals surface area contributed by atoms with E-state index in [1.54, 1.807) is 30.0 Å². The van der Waals surface area contributed by atoms with Gasteiger partial charge >= 0.3 is 11.8 Å². The first-order valence-corrected chi connectivity index (χ1v) is 11.2. The Morgan fingerprint density at radius 1 is 1.18 bits per heavy atom. The summed E-state index contributed by atoms with van der Waals surface area (Å²) in [5.74, 6) is -0.134. The van der Waals surface area contributed by atoms with Gasteiger partial charge in [0.1, 0.15) is 0 Å². The molecule has 2 aromatic rings. The van der Waals surface area contributed by atoms with Gasteiger partial charge in [-0.05, 0) is 44.2 Å². The average molecular weight is 404 g/mol. The standard InChI is InChI=1S/C19H24N4O4S/c1-13-8-9-14(12-16(13)28(25,26)22-15-6-2-3-7-15)17-20-18(27-21-17)19(24)23-10-4-5-11-23/h8-9,12,15,22H,2-7,10-11H2,1H3. The van der Waals surface area contributed by atoms with E-state index in [-0.39, 0.29) is 28.6 Å². The number of aryl methyl sites for hydroxylation is 1. The van der Waals surface area contributed by atoms with Crippen molar-refractivity contribution in [2.75, 3.05) is 13.1 Å². The number of aromatic nitrogens is 2. The van der Waals surface area contributed by atoms with Crippen LogP contribution < -0.4 is 4.72 Å². The summed E-state index contributed by atoms with van der Waals surface area (Å²) in [7, 11) is -3.64. The van der Waals surface area contributed by atoms with Crippen molar-refractivity contribution in [2.24, 2.45) is 0 Å². The second kappa shape index (κ2) is 7.63. The van der Waals surface area contributed by atoms with Crippen LogP contribution in [0.4, 0.5) is 0 Å². The molecule has 1 aromatic heterocycles. The molecular weight excluding hydrogens is 380 g/mol. The SMILES string of the molecule is Cc1ccc(-c2noc(C(=O)N3CCCC3)n2)cc1S(=O)(=O)NC1CCCC1. The van der Waals surface area contributed by atoms with E-state index < -0.39 is 10.0 Å². The minimum atomic E-state index is -3.64. The molecular formula is C19H24N4O4S. The van der Waals surface area contributed by atoms with Crippen LogP contribution in [0.25, 0.3) is 11.4 Å². The van der Waals surface area contributed by atoms with E-state index >= 15 is 0 Å². The molecule has 1 aliphatic heterocycles. The average Bonchev–Trinajstić information content (AvgIpc) is 3.43. The van der Waals surface area contributed by atoms with Crippen LogP contribution in [0.15, 0.2) is 27.6 Å². The quantitative estimate of drug-likeness (QED) is 0.821. The van der Waals surface area contributed by atoms with Crippen LogP contribution in [0.1, 0.15) is 54.8 Å². The van der Waals surface area contributed by atoms with Crippen molar-refractivity contribution in [3.63, 3.8) is 0 Å². The van der Waals surface area contributed by atoms with E-state index in [1.807, 2.05) is 0 Å². The van der Waals surface area contributed by atoms with E-state index in [1.165, 1.54) is 0 Å². The van der Waals surface area contributed by atoms with Gasteiger partial charge in [-0.15, -0.1) is 0 Å². The number of nitrogens with one attached hydrogen (secondary N) is 1. The number of hydrogen-bond donors (Lipinski definition) is 1. The van der Waals surface area contributed by atoms with Gasteiger partial charge in [-0.2, -0.15) is 4.98 Å². The van der Waals surface area contributed by atoms with Gasteiger partial charge in [-0.3, -0.25) is 4.79 Å². The van der Waals surface area contributed by atoms with Crippen LogP contribution in [0.2, 0.25) is 0 Å². The molecule has 1 amide bonds. The van der Waals surface area contributed by atoms with Crippen molar-refractivity contribution >= 4 is 15.9 Å².